The molecule has 0 fully saturated rings. The second-order valence-electron chi connectivity index (χ2n) is 4.50. The first-order valence-corrected chi connectivity index (χ1v) is 7.40. The summed E-state index contributed by atoms with van der Waals surface area (Å²) in [7, 11) is 1.93. The van der Waals surface area contributed by atoms with Crippen LogP contribution in [-0.4, -0.2) is 9.78 Å². The van der Waals surface area contributed by atoms with E-state index in [2.05, 4.69) is 52.3 Å². The summed E-state index contributed by atoms with van der Waals surface area (Å²) in [5, 5.41) is 8.60. The Labute approximate surface area is 127 Å². The minimum Gasteiger partial charge on any atom is -0.379 e. The molecule has 0 bridgehead atoms. The lowest BCUT2D eigenvalue weighted by Gasteiger charge is -2.10. The van der Waals surface area contributed by atoms with Gasteiger partial charge >= 0.3 is 0 Å². The van der Waals surface area contributed by atoms with Crippen LogP contribution >= 0.6 is 27.5 Å². The molecule has 0 saturated carbocycles. The Hall–Kier alpha value is -1.00. The highest BCUT2D eigenvalue weighted by molar-refractivity contribution is 9.10. The topological polar surface area (TPSA) is 29.9 Å². The molecule has 0 aliphatic rings. The Bertz CT molecular complexity index is 593. The predicted octanol–water partition coefficient (Wildman–Crippen LogP) is 4.32. The first kappa shape index (κ1) is 14.4. The molecule has 0 spiro atoms. The van der Waals surface area contributed by atoms with Crippen molar-refractivity contribution in [2.75, 3.05) is 5.32 Å². The van der Waals surface area contributed by atoms with Crippen LogP contribution in [0.15, 0.2) is 22.7 Å². The average molecular weight is 343 g/mol. The molecule has 2 rings (SSSR count). The summed E-state index contributed by atoms with van der Waals surface area (Å²) in [6.07, 6.45) is 0.850. The molecule has 0 saturated heterocycles. The number of hydrogen-bond acceptors (Lipinski definition) is 2. The molecule has 1 aromatic heterocycles. The molecule has 0 unspecified atom stereocenters. The number of nitrogens with zero attached hydrogens (tertiary/aromatic N) is 2. The van der Waals surface area contributed by atoms with Crippen LogP contribution in [0.2, 0.25) is 5.02 Å². The van der Waals surface area contributed by atoms with Crippen molar-refractivity contribution in [3.8, 4) is 0 Å². The highest BCUT2D eigenvalue weighted by Gasteiger charge is 2.12. The SMILES string of the molecule is CCc1nn(C)c(CNc2cc(Br)ccc2C)c1Cl. The Morgan fingerprint density at radius 1 is 1.42 bits per heavy atom. The lowest BCUT2D eigenvalue weighted by Crippen LogP contribution is -2.06. The number of nitrogens with one attached hydrogen (secondary N) is 1. The molecule has 102 valence electrons. The van der Waals surface area contributed by atoms with Gasteiger partial charge in [0.05, 0.1) is 23.0 Å². The monoisotopic (exact) mass is 341 g/mol. The van der Waals surface area contributed by atoms with Gasteiger partial charge in [0.1, 0.15) is 0 Å². The second-order valence-corrected chi connectivity index (χ2v) is 5.79. The van der Waals surface area contributed by atoms with E-state index in [9.17, 15) is 0 Å². The van der Waals surface area contributed by atoms with Crippen molar-refractivity contribution in [3.63, 3.8) is 0 Å². The second kappa shape index (κ2) is 5.97. The van der Waals surface area contributed by atoms with Crippen LogP contribution in [-0.2, 0) is 20.0 Å². The predicted molar refractivity (Wildman–Crippen MR) is 83.8 cm³/mol. The number of anilines is 1. The smallest absolute Gasteiger partial charge is 0.0868 e. The normalized spacial score (nSPS) is 10.8. The van der Waals surface area contributed by atoms with Crippen molar-refractivity contribution < 1.29 is 0 Å². The van der Waals surface area contributed by atoms with Gasteiger partial charge in [-0.1, -0.05) is 40.5 Å². The van der Waals surface area contributed by atoms with E-state index >= 15 is 0 Å². The molecule has 1 heterocycles. The summed E-state index contributed by atoms with van der Waals surface area (Å²) in [5.74, 6) is 0. The zero-order valence-corrected chi connectivity index (χ0v) is 13.6. The quantitative estimate of drug-likeness (QED) is 0.897. The fourth-order valence-corrected chi connectivity index (χ4v) is 2.70. The number of aryl methyl sites for hydroxylation is 3. The zero-order valence-electron chi connectivity index (χ0n) is 11.3. The van der Waals surface area contributed by atoms with E-state index in [0.717, 1.165) is 33.0 Å². The Morgan fingerprint density at radius 3 is 2.79 bits per heavy atom. The number of halogens is 2. The lowest BCUT2D eigenvalue weighted by molar-refractivity contribution is 0.707. The molecule has 0 amide bonds. The first-order valence-electron chi connectivity index (χ1n) is 6.23. The summed E-state index contributed by atoms with van der Waals surface area (Å²) in [5.41, 5.74) is 4.27. The molecule has 19 heavy (non-hydrogen) atoms. The van der Waals surface area contributed by atoms with Crippen LogP contribution in [0.1, 0.15) is 23.9 Å². The van der Waals surface area contributed by atoms with E-state index in [1.807, 2.05) is 17.8 Å². The highest BCUT2D eigenvalue weighted by atomic mass is 79.9. The summed E-state index contributed by atoms with van der Waals surface area (Å²) in [4.78, 5) is 0. The summed E-state index contributed by atoms with van der Waals surface area (Å²) < 4.78 is 2.91. The fraction of sp³-hybridized carbons (Fsp3) is 0.357. The maximum absolute atomic E-state index is 6.33. The Balaban J connectivity index is 2.19. The molecule has 5 heteroatoms. The van der Waals surface area contributed by atoms with E-state index < -0.39 is 0 Å². The Morgan fingerprint density at radius 2 is 2.16 bits per heavy atom. The molecule has 0 aliphatic heterocycles. The van der Waals surface area contributed by atoms with E-state index in [-0.39, 0.29) is 0 Å². The van der Waals surface area contributed by atoms with Gasteiger partial charge in [0.25, 0.3) is 0 Å². The molecule has 1 aromatic carbocycles. The van der Waals surface area contributed by atoms with Gasteiger partial charge in [0.15, 0.2) is 0 Å². The third kappa shape index (κ3) is 3.12. The average Bonchev–Trinajstić information content (AvgIpc) is 2.66. The number of hydrogen-bond donors (Lipinski definition) is 1. The van der Waals surface area contributed by atoms with E-state index in [0.29, 0.717) is 6.54 Å². The summed E-state index contributed by atoms with van der Waals surface area (Å²) in [6, 6.07) is 6.18. The minimum atomic E-state index is 0.666. The molecular formula is C14H17BrClN3. The van der Waals surface area contributed by atoms with Gasteiger partial charge in [0, 0.05) is 17.2 Å². The van der Waals surface area contributed by atoms with Crippen LogP contribution in [0.5, 0.6) is 0 Å². The molecule has 0 radical (unpaired) electrons. The van der Waals surface area contributed by atoms with Gasteiger partial charge in [0.2, 0.25) is 0 Å². The van der Waals surface area contributed by atoms with Crippen LogP contribution in [0, 0.1) is 6.92 Å². The van der Waals surface area contributed by atoms with Gasteiger partial charge < -0.3 is 5.32 Å². The third-order valence-corrected chi connectivity index (χ3v) is 4.08. The van der Waals surface area contributed by atoms with Crippen molar-refractivity contribution in [3.05, 3.63) is 44.6 Å². The fourth-order valence-electron chi connectivity index (χ4n) is 1.98. The van der Waals surface area contributed by atoms with Crippen molar-refractivity contribution in [1.29, 1.82) is 0 Å². The lowest BCUT2D eigenvalue weighted by atomic mass is 10.2. The molecular weight excluding hydrogens is 326 g/mol. The summed E-state index contributed by atoms with van der Waals surface area (Å²) >= 11 is 9.82. The standard InChI is InChI=1S/C14H17BrClN3/c1-4-11-14(16)13(19(3)18-11)8-17-12-7-10(15)6-5-9(12)2/h5-7,17H,4,8H2,1-3H3. The maximum atomic E-state index is 6.33. The number of rotatable bonds is 4. The molecule has 0 aliphatic carbocycles. The van der Waals surface area contributed by atoms with Gasteiger partial charge in [-0.05, 0) is 31.0 Å². The van der Waals surface area contributed by atoms with Crippen LogP contribution < -0.4 is 5.32 Å². The first-order chi connectivity index (χ1) is 9.02. The van der Waals surface area contributed by atoms with Gasteiger partial charge in [-0.3, -0.25) is 4.68 Å². The Kier molecular flexibility index (Phi) is 4.53. The highest BCUT2D eigenvalue weighted by Crippen LogP contribution is 2.24. The van der Waals surface area contributed by atoms with Crippen molar-refractivity contribution in [1.82, 2.24) is 9.78 Å². The summed E-state index contributed by atoms with van der Waals surface area (Å²) in [6.45, 7) is 4.81. The molecule has 3 nitrogen and oxygen atoms in total. The van der Waals surface area contributed by atoms with Crippen LogP contribution in [0.4, 0.5) is 5.69 Å². The van der Waals surface area contributed by atoms with Crippen LogP contribution in [0.25, 0.3) is 0 Å². The van der Waals surface area contributed by atoms with E-state index in [1.165, 1.54) is 5.56 Å². The van der Waals surface area contributed by atoms with Crippen molar-refractivity contribution in [2.24, 2.45) is 7.05 Å². The van der Waals surface area contributed by atoms with Gasteiger partial charge in [-0.15, -0.1) is 0 Å². The molecule has 1 N–H and O–H groups in total. The van der Waals surface area contributed by atoms with Crippen LogP contribution in [0.3, 0.4) is 0 Å². The largest absolute Gasteiger partial charge is 0.379 e. The molecule has 0 atom stereocenters. The van der Waals surface area contributed by atoms with E-state index in [4.69, 9.17) is 11.6 Å². The third-order valence-electron chi connectivity index (χ3n) is 3.15. The zero-order chi connectivity index (χ0) is 14.0. The number of aromatic nitrogens is 2. The van der Waals surface area contributed by atoms with Crippen molar-refractivity contribution in [2.45, 2.75) is 26.8 Å². The van der Waals surface area contributed by atoms with Crippen molar-refractivity contribution >= 4 is 33.2 Å². The number of benzene rings is 1. The van der Waals surface area contributed by atoms with E-state index in [1.54, 1.807) is 0 Å². The maximum Gasteiger partial charge on any atom is 0.0868 e. The van der Waals surface area contributed by atoms with Gasteiger partial charge in [-0.2, -0.15) is 5.10 Å². The van der Waals surface area contributed by atoms with Gasteiger partial charge in [-0.25, -0.2) is 0 Å². The minimum absolute atomic E-state index is 0.666. The molecule has 2 aromatic rings.